The molecule has 1 fully saturated rings. The van der Waals surface area contributed by atoms with Gasteiger partial charge in [0.15, 0.2) is 0 Å². The van der Waals surface area contributed by atoms with Gasteiger partial charge in [-0.25, -0.2) is 13.1 Å². The van der Waals surface area contributed by atoms with Crippen LogP contribution in [0.5, 0.6) is 0 Å². The maximum atomic E-state index is 12.7. The number of hydrogen-bond donors (Lipinski definition) is 1. The van der Waals surface area contributed by atoms with E-state index >= 15 is 0 Å². The van der Waals surface area contributed by atoms with Gasteiger partial charge in [-0.1, -0.05) is 6.07 Å². The summed E-state index contributed by atoms with van der Waals surface area (Å²) in [5.41, 5.74) is 2.54. The van der Waals surface area contributed by atoms with Crippen LogP contribution in [0, 0.1) is 0 Å². The summed E-state index contributed by atoms with van der Waals surface area (Å²) in [6.07, 6.45) is 6.25. The van der Waals surface area contributed by atoms with Crippen molar-refractivity contribution in [2.24, 2.45) is 0 Å². The molecule has 0 aromatic heterocycles. The van der Waals surface area contributed by atoms with Crippen LogP contribution in [0.2, 0.25) is 0 Å². The molecular weight excluding hydrogens is 308 g/mol. The second kappa shape index (κ2) is 6.91. The van der Waals surface area contributed by atoms with E-state index in [4.69, 9.17) is 0 Å². The minimum Gasteiger partial charge on any atom is -0.301 e. The van der Waals surface area contributed by atoms with Crippen molar-refractivity contribution in [2.75, 3.05) is 13.1 Å². The van der Waals surface area contributed by atoms with E-state index in [2.05, 4.69) is 23.5 Å². The number of piperidine rings is 1. The Hall–Kier alpha value is -0.910. The van der Waals surface area contributed by atoms with E-state index in [9.17, 15) is 8.42 Å². The minimum absolute atomic E-state index is 0.0611. The van der Waals surface area contributed by atoms with E-state index in [0.29, 0.717) is 10.9 Å². The van der Waals surface area contributed by atoms with Crippen molar-refractivity contribution >= 4 is 10.0 Å². The fraction of sp³-hybridized carbons (Fsp3) is 0.667. The van der Waals surface area contributed by atoms with E-state index in [-0.39, 0.29) is 6.04 Å². The van der Waals surface area contributed by atoms with Crippen molar-refractivity contribution in [2.45, 2.75) is 69.4 Å². The van der Waals surface area contributed by atoms with Gasteiger partial charge in [0, 0.05) is 12.1 Å². The number of aryl methyl sites for hydroxylation is 2. The number of nitrogens with one attached hydrogen (secondary N) is 1. The summed E-state index contributed by atoms with van der Waals surface area (Å²) in [6.45, 7) is 6.32. The summed E-state index contributed by atoms with van der Waals surface area (Å²) in [5, 5.41) is 0. The molecular formula is C18H28N2O2S. The first kappa shape index (κ1) is 16.9. The van der Waals surface area contributed by atoms with Gasteiger partial charge in [0.2, 0.25) is 10.0 Å². The normalized spacial score (nSPS) is 20.7. The molecule has 23 heavy (non-hydrogen) atoms. The second-order valence-electron chi connectivity index (χ2n) is 7.16. The van der Waals surface area contributed by atoms with Gasteiger partial charge in [-0.05, 0) is 88.7 Å². The average Bonchev–Trinajstić information content (AvgIpc) is 2.54. The molecule has 0 atom stereocenters. The highest BCUT2D eigenvalue weighted by atomic mass is 32.2. The van der Waals surface area contributed by atoms with Gasteiger partial charge >= 0.3 is 0 Å². The van der Waals surface area contributed by atoms with Gasteiger partial charge in [-0.2, -0.15) is 0 Å². The zero-order chi connectivity index (χ0) is 16.4. The van der Waals surface area contributed by atoms with Crippen LogP contribution >= 0.6 is 0 Å². The summed E-state index contributed by atoms with van der Waals surface area (Å²) >= 11 is 0. The second-order valence-corrected chi connectivity index (χ2v) is 8.88. The molecule has 1 aromatic rings. The molecule has 2 aliphatic rings. The van der Waals surface area contributed by atoms with Gasteiger partial charge in [-0.15, -0.1) is 0 Å². The van der Waals surface area contributed by atoms with Crippen LogP contribution in [-0.2, 0) is 22.9 Å². The molecule has 1 saturated heterocycles. The third-order valence-corrected chi connectivity index (χ3v) is 6.73. The minimum atomic E-state index is -3.40. The largest absolute Gasteiger partial charge is 0.301 e. The maximum absolute atomic E-state index is 12.7. The lowest BCUT2D eigenvalue weighted by molar-refractivity contribution is 0.168. The molecule has 0 radical (unpaired) electrons. The SMILES string of the molecule is CC(C)N1CCC(NS(=O)(=O)c2ccc3c(c2)CCCC3)CC1. The number of benzene rings is 1. The molecule has 0 amide bonds. The van der Waals surface area contributed by atoms with Crippen LogP contribution in [-0.4, -0.2) is 38.5 Å². The lowest BCUT2D eigenvalue weighted by Crippen LogP contribution is -2.46. The lowest BCUT2D eigenvalue weighted by Gasteiger charge is -2.34. The monoisotopic (exact) mass is 336 g/mol. The number of rotatable bonds is 4. The number of sulfonamides is 1. The summed E-state index contributed by atoms with van der Waals surface area (Å²) in [4.78, 5) is 2.84. The Labute approximate surface area is 140 Å². The highest BCUT2D eigenvalue weighted by Gasteiger charge is 2.26. The topological polar surface area (TPSA) is 49.4 Å². The first-order chi connectivity index (χ1) is 11.0. The van der Waals surface area contributed by atoms with Crippen molar-refractivity contribution in [3.05, 3.63) is 29.3 Å². The smallest absolute Gasteiger partial charge is 0.240 e. The molecule has 3 rings (SSSR count). The molecule has 5 heteroatoms. The zero-order valence-electron chi connectivity index (χ0n) is 14.2. The highest BCUT2D eigenvalue weighted by Crippen LogP contribution is 2.24. The number of fused-ring (bicyclic) bond motifs is 1. The van der Waals surface area contributed by atoms with Gasteiger partial charge in [0.1, 0.15) is 0 Å². The third-order valence-electron chi connectivity index (χ3n) is 5.21. The molecule has 1 N–H and O–H groups in total. The maximum Gasteiger partial charge on any atom is 0.240 e. The van der Waals surface area contributed by atoms with Crippen LogP contribution in [0.15, 0.2) is 23.1 Å². The first-order valence-corrected chi connectivity index (χ1v) is 10.3. The Kier molecular flexibility index (Phi) is 5.09. The molecule has 0 bridgehead atoms. The average molecular weight is 337 g/mol. The van der Waals surface area contributed by atoms with Crippen LogP contribution in [0.25, 0.3) is 0 Å². The van der Waals surface area contributed by atoms with E-state index in [1.54, 1.807) is 6.07 Å². The summed E-state index contributed by atoms with van der Waals surface area (Å²) in [6, 6.07) is 6.26. The molecule has 0 saturated carbocycles. The third kappa shape index (κ3) is 3.95. The Balaban J connectivity index is 1.68. The number of hydrogen-bond acceptors (Lipinski definition) is 3. The lowest BCUT2D eigenvalue weighted by atomic mass is 9.92. The van der Waals surface area contributed by atoms with E-state index < -0.39 is 10.0 Å². The van der Waals surface area contributed by atoms with Crippen LogP contribution in [0.3, 0.4) is 0 Å². The van der Waals surface area contributed by atoms with Gasteiger partial charge < -0.3 is 4.90 Å². The van der Waals surface area contributed by atoms with Crippen LogP contribution in [0.4, 0.5) is 0 Å². The summed E-state index contributed by atoms with van der Waals surface area (Å²) in [7, 11) is -3.40. The predicted molar refractivity (Wildman–Crippen MR) is 93.1 cm³/mol. The van der Waals surface area contributed by atoms with E-state index in [1.807, 2.05) is 12.1 Å². The molecule has 1 aromatic carbocycles. The van der Waals surface area contributed by atoms with Crippen molar-refractivity contribution in [3.63, 3.8) is 0 Å². The number of likely N-dealkylation sites (tertiary alicyclic amines) is 1. The summed E-state index contributed by atoms with van der Waals surface area (Å²) in [5.74, 6) is 0. The predicted octanol–water partition coefficient (Wildman–Crippen LogP) is 2.72. The van der Waals surface area contributed by atoms with Gasteiger partial charge in [0.25, 0.3) is 0 Å². The van der Waals surface area contributed by atoms with Crippen molar-refractivity contribution in [1.82, 2.24) is 9.62 Å². The van der Waals surface area contributed by atoms with Crippen molar-refractivity contribution < 1.29 is 8.42 Å². The van der Waals surface area contributed by atoms with Crippen molar-refractivity contribution in [1.29, 1.82) is 0 Å². The molecule has 1 aliphatic carbocycles. The Morgan fingerprint density at radius 1 is 1.09 bits per heavy atom. The van der Waals surface area contributed by atoms with Crippen molar-refractivity contribution in [3.8, 4) is 0 Å². The Bertz CT molecular complexity index is 647. The molecule has 0 spiro atoms. The van der Waals surface area contributed by atoms with Crippen LogP contribution < -0.4 is 4.72 Å². The fourth-order valence-electron chi connectivity index (χ4n) is 3.70. The molecule has 0 unspecified atom stereocenters. The molecule has 1 heterocycles. The van der Waals surface area contributed by atoms with Gasteiger partial charge in [0.05, 0.1) is 4.90 Å². The standard InChI is InChI=1S/C18H28N2O2S/c1-14(2)20-11-9-17(10-12-20)19-23(21,22)18-8-7-15-5-3-4-6-16(15)13-18/h7-8,13-14,17,19H,3-6,9-12H2,1-2H3. The highest BCUT2D eigenvalue weighted by molar-refractivity contribution is 7.89. The Morgan fingerprint density at radius 3 is 2.39 bits per heavy atom. The van der Waals surface area contributed by atoms with Gasteiger partial charge in [-0.3, -0.25) is 0 Å². The fourth-order valence-corrected chi connectivity index (χ4v) is 5.05. The quantitative estimate of drug-likeness (QED) is 0.920. The van der Waals surface area contributed by atoms with E-state index in [0.717, 1.165) is 45.2 Å². The zero-order valence-corrected chi connectivity index (χ0v) is 15.0. The van der Waals surface area contributed by atoms with Crippen LogP contribution in [0.1, 0.15) is 50.7 Å². The first-order valence-electron chi connectivity index (χ1n) is 8.84. The molecule has 128 valence electrons. The van der Waals surface area contributed by atoms with E-state index in [1.165, 1.54) is 17.5 Å². The number of nitrogens with zero attached hydrogens (tertiary/aromatic N) is 1. The Morgan fingerprint density at radius 2 is 1.74 bits per heavy atom. The molecule has 1 aliphatic heterocycles. The molecule has 4 nitrogen and oxygen atoms in total. The summed E-state index contributed by atoms with van der Waals surface area (Å²) < 4.78 is 28.3.